The van der Waals surface area contributed by atoms with E-state index in [1.165, 1.54) is 44.1 Å². The molecule has 2 unspecified atom stereocenters. The summed E-state index contributed by atoms with van der Waals surface area (Å²) in [6.45, 7) is 3.31. The third-order valence-electron chi connectivity index (χ3n) is 4.72. The first-order valence-electron chi connectivity index (χ1n) is 7.89. The molecule has 2 aliphatic rings. The van der Waals surface area contributed by atoms with Crippen LogP contribution in [-0.2, 0) is 5.54 Å². The second-order valence-electron chi connectivity index (χ2n) is 6.21. The Balaban J connectivity index is 1.62. The molecule has 104 valence electrons. The first-order valence-corrected chi connectivity index (χ1v) is 7.89. The molecule has 19 heavy (non-hydrogen) atoms. The molecule has 1 aromatic carbocycles. The summed E-state index contributed by atoms with van der Waals surface area (Å²) in [5, 5.41) is 7.59. The van der Waals surface area contributed by atoms with Crippen LogP contribution in [0.1, 0.15) is 51.0 Å². The third kappa shape index (κ3) is 3.01. The van der Waals surface area contributed by atoms with Crippen LogP contribution in [0.25, 0.3) is 0 Å². The molecule has 3 rings (SSSR count). The molecule has 0 radical (unpaired) electrons. The molecule has 1 aromatic rings. The van der Waals surface area contributed by atoms with Gasteiger partial charge in [0, 0.05) is 17.6 Å². The zero-order valence-electron chi connectivity index (χ0n) is 12.0. The minimum atomic E-state index is 0.306. The SMILES string of the molecule is CCNC1CCCC(NC2(c3ccccc3)CC2)C1. The number of rotatable bonds is 5. The van der Waals surface area contributed by atoms with E-state index in [1.807, 2.05) is 0 Å². The lowest BCUT2D eigenvalue weighted by molar-refractivity contribution is 0.278. The predicted molar refractivity (Wildman–Crippen MR) is 80.2 cm³/mol. The Morgan fingerprint density at radius 3 is 2.53 bits per heavy atom. The smallest absolute Gasteiger partial charge is 0.0438 e. The number of hydrogen-bond acceptors (Lipinski definition) is 2. The van der Waals surface area contributed by atoms with Gasteiger partial charge in [-0.3, -0.25) is 0 Å². The molecule has 0 heterocycles. The van der Waals surface area contributed by atoms with Crippen molar-refractivity contribution in [2.45, 2.75) is 63.1 Å². The van der Waals surface area contributed by atoms with Crippen LogP contribution in [0.4, 0.5) is 0 Å². The highest BCUT2D eigenvalue weighted by molar-refractivity contribution is 5.30. The monoisotopic (exact) mass is 258 g/mol. The number of benzene rings is 1. The fourth-order valence-electron chi connectivity index (χ4n) is 3.58. The van der Waals surface area contributed by atoms with Gasteiger partial charge in [0.05, 0.1) is 0 Å². The van der Waals surface area contributed by atoms with Gasteiger partial charge in [-0.15, -0.1) is 0 Å². The maximum absolute atomic E-state index is 3.97. The Bertz CT molecular complexity index is 395. The van der Waals surface area contributed by atoms with E-state index in [2.05, 4.69) is 47.9 Å². The molecule has 0 aliphatic heterocycles. The summed E-state index contributed by atoms with van der Waals surface area (Å²) in [4.78, 5) is 0. The Morgan fingerprint density at radius 2 is 1.84 bits per heavy atom. The van der Waals surface area contributed by atoms with Gasteiger partial charge in [-0.25, -0.2) is 0 Å². The average Bonchev–Trinajstić information content (AvgIpc) is 3.22. The van der Waals surface area contributed by atoms with Crippen molar-refractivity contribution in [3.63, 3.8) is 0 Å². The maximum Gasteiger partial charge on any atom is 0.0438 e. The van der Waals surface area contributed by atoms with Crippen LogP contribution in [-0.4, -0.2) is 18.6 Å². The van der Waals surface area contributed by atoms with Crippen LogP contribution in [0.5, 0.6) is 0 Å². The van der Waals surface area contributed by atoms with Gasteiger partial charge in [-0.2, -0.15) is 0 Å². The van der Waals surface area contributed by atoms with Crippen LogP contribution >= 0.6 is 0 Å². The molecule has 2 heteroatoms. The van der Waals surface area contributed by atoms with Crippen molar-refractivity contribution in [2.75, 3.05) is 6.54 Å². The first kappa shape index (κ1) is 13.1. The van der Waals surface area contributed by atoms with Crippen molar-refractivity contribution in [2.24, 2.45) is 0 Å². The topological polar surface area (TPSA) is 24.1 Å². The summed E-state index contributed by atoms with van der Waals surface area (Å²) in [6.07, 6.45) is 7.96. The molecule has 2 N–H and O–H groups in total. The molecule has 2 fully saturated rings. The lowest BCUT2D eigenvalue weighted by Gasteiger charge is -2.33. The van der Waals surface area contributed by atoms with Crippen molar-refractivity contribution in [1.82, 2.24) is 10.6 Å². The number of hydrogen-bond donors (Lipinski definition) is 2. The van der Waals surface area contributed by atoms with E-state index in [1.54, 1.807) is 0 Å². The zero-order valence-corrected chi connectivity index (χ0v) is 12.0. The van der Waals surface area contributed by atoms with Crippen molar-refractivity contribution >= 4 is 0 Å². The average molecular weight is 258 g/mol. The van der Waals surface area contributed by atoms with Gasteiger partial charge in [-0.1, -0.05) is 43.7 Å². The highest BCUT2D eigenvalue weighted by Crippen LogP contribution is 2.46. The van der Waals surface area contributed by atoms with Gasteiger partial charge in [0.2, 0.25) is 0 Å². The normalized spacial score (nSPS) is 29.1. The predicted octanol–water partition coefficient (Wildman–Crippen LogP) is 3.19. The van der Waals surface area contributed by atoms with E-state index in [9.17, 15) is 0 Å². The van der Waals surface area contributed by atoms with Gasteiger partial charge < -0.3 is 10.6 Å². The van der Waals surface area contributed by atoms with E-state index < -0.39 is 0 Å². The molecule has 0 aromatic heterocycles. The highest BCUT2D eigenvalue weighted by Gasteiger charge is 2.45. The Labute approximate surface area is 117 Å². The minimum Gasteiger partial charge on any atom is -0.314 e. The van der Waals surface area contributed by atoms with Crippen molar-refractivity contribution in [3.05, 3.63) is 35.9 Å². The molecule has 2 saturated carbocycles. The minimum absolute atomic E-state index is 0.306. The van der Waals surface area contributed by atoms with Crippen LogP contribution in [0.3, 0.4) is 0 Å². The van der Waals surface area contributed by atoms with Gasteiger partial charge in [0.1, 0.15) is 0 Å². The molecule has 2 atom stereocenters. The largest absolute Gasteiger partial charge is 0.314 e. The molecule has 0 saturated heterocycles. The van der Waals surface area contributed by atoms with Crippen LogP contribution in [0.2, 0.25) is 0 Å². The van der Waals surface area contributed by atoms with Crippen molar-refractivity contribution in [1.29, 1.82) is 0 Å². The standard InChI is InChI=1S/C17H26N2/c1-2-18-15-9-6-10-16(13-15)19-17(11-12-17)14-7-4-3-5-8-14/h3-5,7-8,15-16,18-19H,2,6,9-13H2,1H3. The lowest BCUT2D eigenvalue weighted by atomic mass is 9.89. The molecule has 2 aliphatic carbocycles. The molecule has 0 bridgehead atoms. The molecular weight excluding hydrogens is 232 g/mol. The summed E-state index contributed by atoms with van der Waals surface area (Å²) >= 11 is 0. The van der Waals surface area contributed by atoms with E-state index in [0.29, 0.717) is 11.6 Å². The summed E-state index contributed by atoms with van der Waals surface area (Å²) in [5.74, 6) is 0. The summed E-state index contributed by atoms with van der Waals surface area (Å²) in [6, 6.07) is 12.4. The van der Waals surface area contributed by atoms with E-state index >= 15 is 0 Å². The zero-order chi connectivity index (χ0) is 13.1. The quantitative estimate of drug-likeness (QED) is 0.847. The van der Waals surface area contributed by atoms with Gasteiger partial charge in [0.25, 0.3) is 0 Å². The fraction of sp³-hybridized carbons (Fsp3) is 0.647. The fourth-order valence-corrected chi connectivity index (χ4v) is 3.58. The summed E-state index contributed by atoms with van der Waals surface area (Å²) < 4.78 is 0. The highest BCUT2D eigenvalue weighted by atomic mass is 15.1. The lowest BCUT2D eigenvalue weighted by Crippen LogP contribution is -2.45. The summed E-state index contributed by atoms with van der Waals surface area (Å²) in [7, 11) is 0. The van der Waals surface area contributed by atoms with Crippen LogP contribution in [0.15, 0.2) is 30.3 Å². The Morgan fingerprint density at radius 1 is 1.11 bits per heavy atom. The first-order chi connectivity index (χ1) is 9.32. The molecular formula is C17H26N2. The molecule has 2 nitrogen and oxygen atoms in total. The van der Waals surface area contributed by atoms with E-state index in [0.717, 1.165) is 12.6 Å². The van der Waals surface area contributed by atoms with Gasteiger partial charge in [-0.05, 0) is 44.2 Å². The number of nitrogens with one attached hydrogen (secondary N) is 2. The van der Waals surface area contributed by atoms with Crippen molar-refractivity contribution < 1.29 is 0 Å². The van der Waals surface area contributed by atoms with Crippen LogP contribution < -0.4 is 10.6 Å². The van der Waals surface area contributed by atoms with E-state index in [4.69, 9.17) is 0 Å². The Hall–Kier alpha value is -0.860. The molecule has 0 amide bonds. The molecule has 0 spiro atoms. The van der Waals surface area contributed by atoms with Crippen LogP contribution in [0, 0.1) is 0 Å². The second kappa shape index (κ2) is 5.64. The van der Waals surface area contributed by atoms with E-state index in [-0.39, 0.29) is 0 Å². The van der Waals surface area contributed by atoms with Gasteiger partial charge in [0.15, 0.2) is 0 Å². The third-order valence-corrected chi connectivity index (χ3v) is 4.72. The summed E-state index contributed by atoms with van der Waals surface area (Å²) in [5.41, 5.74) is 1.79. The van der Waals surface area contributed by atoms with Gasteiger partial charge >= 0.3 is 0 Å². The maximum atomic E-state index is 3.97. The van der Waals surface area contributed by atoms with Crippen molar-refractivity contribution in [3.8, 4) is 0 Å². The second-order valence-corrected chi connectivity index (χ2v) is 6.21. The Kier molecular flexibility index (Phi) is 3.90.